The first-order valence-corrected chi connectivity index (χ1v) is 10.2. The average molecular weight is 397 g/mol. The first-order valence-electron chi connectivity index (χ1n) is 10.2. The van der Waals surface area contributed by atoms with Crippen LogP contribution in [0.4, 0.5) is 0 Å². The molecule has 1 aliphatic rings. The van der Waals surface area contributed by atoms with Crippen LogP contribution in [0.2, 0.25) is 0 Å². The lowest BCUT2D eigenvalue weighted by Gasteiger charge is -2.22. The smallest absolute Gasteiger partial charge is 0.262 e. The van der Waals surface area contributed by atoms with Crippen molar-refractivity contribution in [1.82, 2.24) is 20.1 Å². The van der Waals surface area contributed by atoms with Crippen molar-refractivity contribution < 1.29 is 4.79 Å². The van der Waals surface area contributed by atoms with Crippen molar-refractivity contribution in [2.24, 2.45) is 0 Å². The number of pyridine rings is 1. The number of carbonyl (C=O) groups is 1. The van der Waals surface area contributed by atoms with Gasteiger partial charge >= 0.3 is 0 Å². The van der Waals surface area contributed by atoms with E-state index in [9.17, 15) is 10.1 Å². The van der Waals surface area contributed by atoms with Gasteiger partial charge in [-0.05, 0) is 43.2 Å². The molecule has 0 unspecified atom stereocenters. The molecule has 6 nitrogen and oxygen atoms in total. The van der Waals surface area contributed by atoms with Crippen molar-refractivity contribution in [2.45, 2.75) is 38.1 Å². The van der Waals surface area contributed by atoms with Gasteiger partial charge in [-0.2, -0.15) is 10.4 Å². The number of carbonyl (C=O) groups excluding carboxylic acids is 1. The zero-order valence-electron chi connectivity index (χ0n) is 16.7. The van der Waals surface area contributed by atoms with Crippen molar-refractivity contribution in [3.05, 3.63) is 72.2 Å². The van der Waals surface area contributed by atoms with Gasteiger partial charge in [0.15, 0.2) is 0 Å². The fraction of sp³-hybridized carbons (Fsp3) is 0.250. The summed E-state index contributed by atoms with van der Waals surface area (Å²) >= 11 is 0. The number of nitrogens with one attached hydrogen (secondary N) is 1. The highest BCUT2D eigenvalue weighted by Crippen LogP contribution is 2.25. The van der Waals surface area contributed by atoms with E-state index in [1.165, 1.54) is 6.42 Å². The highest BCUT2D eigenvalue weighted by Gasteiger charge is 2.19. The number of rotatable bonds is 5. The largest absolute Gasteiger partial charge is 0.349 e. The molecule has 30 heavy (non-hydrogen) atoms. The molecule has 0 saturated heterocycles. The van der Waals surface area contributed by atoms with Crippen LogP contribution in [0.1, 0.15) is 37.7 Å². The SMILES string of the molecule is N#C/C(=C\c1cn(-c2ccccc2)nc1-c1cccnc1)C(=O)NC1CCCCC1. The van der Waals surface area contributed by atoms with Gasteiger partial charge in [0.2, 0.25) is 0 Å². The van der Waals surface area contributed by atoms with Crippen LogP contribution in [-0.4, -0.2) is 26.7 Å². The van der Waals surface area contributed by atoms with Gasteiger partial charge < -0.3 is 5.32 Å². The van der Waals surface area contributed by atoms with Crippen molar-refractivity contribution in [3.8, 4) is 23.0 Å². The lowest BCUT2D eigenvalue weighted by molar-refractivity contribution is -0.117. The van der Waals surface area contributed by atoms with Crippen LogP contribution in [0.5, 0.6) is 0 Å². The minimum atomic E-state index is -0.325. The number of para-hydroxylation sites is 1. The molecule has 0 bridgehead atoms. The van der Waals surface area contributed by atoms with Crippen LogP contribution in [-0.2, 0) is 4.79 Å². The van der Waals surface area contributed by atoms with Gasteiger partial charge in [-0.15, -0.1) is 0 Å². The third kappa shape index (κ3) is 4.47. The lowest BCUT2D eigenvalue weighted by atomic mass is 9.95. The predicted octanol–water partition coefficient (Wildman–Crippen LogP) is 4.29. The molecule has 1 saturated carbocycles. The summed E-state index contributed by atoms with van der Waals surface area (Å²) in [5.74, 6) is -0.325. The maximum atomic E-state index is 12.7. The molecule has 0 spiro atoms. The second kappa shape index (κ2) is 9.19. The molecule has 1 N–H and O–H groups in total. The molecule has 2 aromatic heterocycles. The first kappa shape index (κ1) is 19.6. The number of amides is 1. The van der Waals surface area contributed by atoms with Gasteiger partial charge in [0.25, 0.3) is 5.91 Å². The van der Waals surface area contributed by atoms with Crippen molar-refractivity contribution in [3.63, 3.8) is 0 Å². The lowest BCUT2D eigenvalue weighted by Crippen LogP contribution is -2.36. The van der Waals surface area contributed by atoms with Gasteiger partial charge in [-0.3, -0.25) is 9.78 Å². The van der Waals surface area contributed by atoms with Crippen molar-refractivity contribution >= 4 is 12.0 Å². The van der Waals surface area contributed by atoms with Crippen LogP contribution < -0.4 is 5.32 Å². The quantitative estimate of drug-likeness (QED) is 0.514. The molecular formula is C24H23N5O. The van der Waals surface area contributed by atoms with Gasteiger partial charge in [0.05, 0.1) is 5.69 Å². The fourth-order valence-corrected chi connectivity index (χ4v) is 3.75. The zero-order valence-corrected chi connectivity index (χ0v) is 16.7. The molecule has 2 heterocycles. The Morgan fingerprint density at radius 3 is 2.63 bits per heavy atom. The van der Waals surface area contributed by atoms with E-state index in [0.29, 0.717) is 11.3 Å². The molecule has 6 heteroatoms. The molecule has 0 aliphatic heterocycles. The highest BCUT2D eigenvalue weighted by atomic mass is 16.1. The molecule has 4 rings (SSSR count). The van der Waals surface area contributed by atoms with Gasteiger partial charge in [0.1, 0.15) is 17.3 Å². The molecule has 0 atom stereocenters. The first-order chi connectivity index (χ1) is 14.7. The van der Waals surface area contributed by atoms with E-state index in [4.69, 9.17) is 5.10 Å². The third-order valence-electron chi connectivity index (χ3n) is 5.30. The summed E-state index contributed by atoms with van der Waals surface area (Å²) in [5.41, 5.74) is 3.17. The Hall–Kier alpha value is -3.72. The summed E-state index contributed by atoms with van der Waals surface area (Å²) in [6.07, 6.45) is 12.3. The third-order valence-corrected chi connectivity index (χ3v) is 5.30. The Bertz CT molecular complexity index is 1070. The monoisotopic (exact) mass is 397 g/mol. The maximum Gasteiger partial charge on any atom is 0.262 e. The number of aromatic nitrogens is 3. The molecule has 1 aromatic carbocycles. The van der Waals surface area contributed by atoms with Gasteiger partial charge in [0, 0.05) is 35.8 Å². The zero-order chi connectivity index (χ0) is 20.8. The van der Waals surface area contributed by atoms with E-state index in [1.807, 2.05) is 48.7 Å². The summed E-state index contributed by atoms with van der Waals surface area (Å²) in [7, 11) is 0. The fourth-order valence-electron chi connectivity index (χ4n) is 3.75. The minimum absolute atomic E-state index is 0.0818. The predicted molar refractivity (Wildman–Crippen MR) is 115 cm³/mol. The summed E-state index contributed by atoms with van der Waals surface area (Å²) in [5, 5.41) is 17.4. The number of nitriles is 1. The Morgan fingerprint density at radius 1 is 1.13 bits per heavy atom. The summed E-state index contributed by atoms with van der Waals surface area (Å²) in [4.78, 5) is 16.9. The number of hydrogen-bond acceptors (Lipinski definition) is 4. The van der Waals surface area contributed by atoms with Crippen LogP contribution in [0.25, 0.3) is 23.0 Å². The van der Waals surface area contributed by atoms with Crippen LogP contribution in [0.15, 0.2) is 66.6 Å². The standard InChI is InChI=1S/C24H23N5O/c25-15-19(24(30)27-21-9-3-1-4-10-21)14-20-17-29(22-11-5-2-6-12-22)28-23(20)18-8-7-13-26-16-18/h2,5-8,11-14,16-17,21H,1,3-4,9-10H2,(H,27,30)/b19-14+. The van der Waals surface area contributed by atoms with Crippen LogP contribution in [0.3, 0.4) is 0 Å². The van der Waals surface area contributed by atoms with E-state index in [1.54, 1.807) is 23.2 Å². The second-order valence-corrected chi connectivity index (χ2v) is 7.43. The molecule has 1 fully saturated rings. The second-order valence-electron chi connectivity index (χ2n) is 7.43. The molecule has 3 aromatic rings. The highest BCUT2D eigenvalue weighted by molar-refractivity contribution is 6.02. The Labute approximate surface area is 175 Å². The molecule has 1 aliphatic carbocycles. The topological polar surface area (TPSA) is 83.6 Å². The maximum absolute atomic E-state index is 12.7. The van der Waals surface area contributed by atoms with E-state index < -0.39 is 0 Å². The van der Waals surface area contributed by atoms with Crippen LogP contribution in [0, 0.1) is 11.3 Å². The summed E-state index contributed by atoms with van der Waals surface area (Å²) in [6.45, 7) is 0. The number of nitrogens with zero attached hydrogens (tertiary/aromatic N) is 4. The average Bonchev–Trinajstić information content (AvgIpc) is 3.23. The van der Waals surface area contributed by atoms with Gasteiger partial charge in [-0.25, -0.2) is 4.68 Å². The van der Waals surface area contributed by atoms with Gasteiger partial charge in [-0.1, -0.05) is 37.5 Å². The van der Waals surface area contributed by atoms with E-state index in [0.717, 1.165) is 36.9 Å². The Morgan fingerprint density at radius 2 is 1.93 bits per heavy atom. The normalized spacial score (nSPS) is 14.8. The molecule has 150 valence electrons. The summed E-state index contributed by atoms with van der Waals surface area (Å²) < 4.78 is 1.75. The van der Waals surface area contributed by atoms with E-state index in [2.05, 4.69) is 16.4 Å². The molecule has 1 amide bonds. The number of benzene rings is 1. The van der Waals surface area contributed by atoms with Crippen molar-refractivity contribution in [2.75, 3.05) is 0 Å². The van der Waals surface area contributed by atoms with E-state index >= 15 is 0 Å². The Kier molecular flexibility index (Phi) is 6.00. The van der Waals surface area contributed by atoms with E-state index in [-0.39, 0.29) is 17.5 Å². The molecule has 0 radical (unpaired) electrons. The molecular weight excluding hydrogens is 374 g/mol. The number of hydrogen-bond donors (Lipinski definition) is 1. The van der Waals surface area contributed by atoms with Crippen LogP contribution >= 0.6 is 0 Å². The minimum Gasteiger partial charge on any atom is -0.349 e. The van der Waals surface area contributed by atoms with Crippen molar-refractivity contribution in [1.29, 1.82) is 5.26 Å². The summed E-state index contributed by atoms with van der Waals surface area (Å²) in [6, 6.07) is 15.7. The Balaban J connectivity index is 1.69.